The number of nitrogens with zero attached hydrogens (tertiary/aromatic N) is 1. The van der Waals surface area contributed by atoms with Crippen molar-refractivity contribution in [2.24, 2.45) is 0 Å². The van der Waals surface area contributed by atoms with Gasteiger partial charge in [0.2, 0.25) is 5.88 Å². The van der Waals surface area contributed by atoms with Crippen LogP contribution in [0.15, 0.2) is 4.79 Å². The van der Waals surface area contributed by atoms with Crippen LogP contribution >= 0.6 is 0 Å². The van der Waals surface area contributed by atoms with Gasteiger partial charge in [0.1, 0.15) is 19.0 Å². The van der Waals surface area contributed by atoms with Crippen LogP contribution in [0.4, 0.5) is 13.2 Å². The van der Waals surface area contributed by atoms with Gasteiger partial charge < -0.3 is 14.8 Å². The zero-order valence-corrected chi connectivity index (χ0v) is 10.7. The molecule has 0 radical (unpaired) electrons. The number of hydrogen-bond donors (Lipinski definition) is 2. The third-order valence-corrected chi connectivity index (χ3v) is 3.25. The number of H-pyrrole nitrogens is 1. The minimum absolute atomic E-state index is 0.0311. The van der Waals surface area contributed by atoms with Gasteiger partial charge in [-0.05, 0) is 18.8 Å². The average molecular weight is 292 g/mol. The molecule has 1 aliphatic rings. The average Bonchev–Trinajstić information content (AvgIpc) is 2.79. The molecule has 0 atom stereocenters. The van der Waals surface area contributed by atoms with Gasteiger partial charge in [0.15, 0.2) is 0 Å². The normalized spacial score (nSPS) is 16.8. The van der Waals surface area contributed by atoms with E-state index >= 15 is 0 Å². The van der Waals surface area contributed by atoms with E-state index in [1.807, 2.05) is 0 Å². The number of rotatable bonds is 4. The molecule has 0 aromatic carbocycles. The van der Waals surface area contributed by atoms with E-state index in [-0.39, 0.29) is 17.3 Å². The number of alkyl halides is 3. The molecule has 0 aliphatic heterocycles. The zero-order valence-electron chi connectivity index (χ0n) is 10.7. The Hall–Kier alpha value is -1.57. The van der Waals surface area contributed by atoms with Crippen molar-refractivity contribution in [1.82, 2.24) is 9.97 Å². The highest BCUT2D eigenvalue weighted by Crippen LogP contribution is 2.35. The summed E-state index contributed by atoms with van der Waals surface area (Å²) >= 11 is 0. The highest BCUT2D eigenvalue weighted by molar-refractivity contribution is 5.27. The Labute approximate surface area is 112 Å². The number of aromatic amines is 1. The van der Waals surface area contributed by atoms with E-state index in [4.69, 9.17) is 0 Å². The van der Waals surface area contributed by atoms with Crippen molar-refractivity contribution in [2.45, 2.75) is 44.4 Å². The van der Waals surface area contributed by atoms with Gasteiger partial charge in [-0.1, -0.05) is 12.8 Å². The molecule has 1 saturated carbocycles. The summed E-state index contributed by atoms with van der Waals surface area (Å²) in [4.78, 5) is 17.9. The van der Waals surface area contributed by atoms with E-state index < -0.39 is 30.8 Å². The molecule has 1 aromatic rings. The van der Waals surface area contributed by atoms with E-state index in [1.165, 1.54) is 0 Å². The Morgan fingerprint density at radius 1 is 1.35 bits per heavy atom. The fraction of sp³-hybridized carbons (Fsp3) is 0.667. The first-order valence-electron chi connectivity index (χ1n) is 6.33. The van der Waals surface area contributed by atoms with E-state index in [2.05, 4.69) is 14.7 Å². The van der Waals surface area contributed by atoms with Gasteiger partial charge >= 0.3 is 6.18 Å². The summed E-state index contributed by atoms with van der Waals surface area (Å²) < 4.78 is 40.1. The van der Waals surface area contributed by atoms with Gasteiger partial charge in [-0.25, -0.2) is 0 Å². The molecule has 5 nitrogen and oxygen atoms in total. The topological polar surface area (TPSA) is 75.2 Å². The summed E-state index contributed by atoms with van der Waals surface area (Å²) in [6.07, 6.45) is -0.851. The molecule has 20 heavy (non-hydrogen) atoms. The number of nitrogens with one attached hydrogen (secondary N) is 1. The molecule has 0 spiro atoms. The molecule has 1 fully saturated rings. The third-order valence-electron chi connectivity index (χ3n) is 3.25. The quantitative estimate of drug-likeness (QED) is 0.892. The Bertz CT molecular complexity index is 522. The van der Waals surface area contributed by atoms with Crippen LogP contribution in [0.2, 0.25) is 0 Å². The van der Waals surface area contributed by atoms with Gasteiger partial charge in [-0.2, -0.15) is 18.2 Å². The van der Waals surface area contributed by atoms with Crippen LogP contribution in [0.1, 0.15) is 43.0 Å². The molecule has 1 aliphatic carbocycles. The van der Waals surface area contributed by atoms with Crippen molar-refractivity contribution in [3.05, 3.63) is 21.7 Å². The first-order valence-corrected chi connectivity index (χ1v) is 6.33. The summed E-state index contributed by atoms with van der Waals surface area (Å²) in [6.45, 7) is -1.94. The Morgan fingerprint density at radius 3 is 2.55 bits per heavy atom. The molecule has 0 bridgehead atoms. The van der Waals surface area contributed by atoms with Crippen LogP contribution in [-0.4, -0.2) is 27.9 Å². The lowest BCUT2D eigenvalue weighted by atomic mass is 10.00. The van der Waals surface area contributed by atoms with Crippen molar-refractivity contribution in [3.63, 3.8) is 0 Å². The predicted octanol–water partition coefficient (Wildman–Crippen LogP) is 2.21. The summed E-state index contributed by atoms with van der Waals surface area (Å²) in [5.74, 6) is -0.554. The van der Waals surface area contributed by atoms with E-state index in [9.17, 15) is 23.1 Å². The lowest BCUT2D eigenvalue weighted by Crippen LogP contribution is -2.21. The van der Waals surface area contributed by atoms with E-state index in [1.54, 1.807) is 0 Å². The number of ether oxygens (including phenoxy) is 1. The molecule has 2 N–H and O–H groups in total. The van der Waals surface area contributed by atoms with Gasteiger partial charge in [0.25, 0.3) is 5.56 Å². The van der Waals surface area contributed by atoms with Crippen LogP contribution in [0.5, 0.6) is 5.88 Å². The smallest absolute Gasteiger partial charge is 0.411 e. The lowest BCUT2D eigenvalue weighted by Gasteiger charge is -2.11. The molecule has 0 amide bonds. The van der Waals surface area contributed by atoms with Crippen molar-refractivity contribution in [3.8, 4) is 5.88 Å². The number of halogens is 3. The zero-order chi connectivity index (χ0) is 14.8. The molecule has 1 heterocycles. The Morgan fingerprint density at radius 2 is 2.00 bits per heavy atom. The maximum atomic E-state index is 11.9. The number of hydrogen-bond acceptors (Lipinski definition) is 4. The maximum absolute atomic E-state index is 11.9. The molecule has 0 saturated heterocycles. The van der Waals surface area contributed by atoms with Gasteiger partial charge in [0, 0.05) is 0 Å². The van der Waals surface area contributed by atoms with Crippen molar-refractivity contribution >= 4 is 0 Å². The molecule has 8 heteroatoms. The van der Waals surface area contributed by atoms with Crippen LogP contribution in [-0.2, 0) is 11.3 Å². The summed E-state index contributed by atoms with van der Waals surface area (Å²) in [6, 6.07) is 0. The van der Waals surface area contributed by atoms with E-state index in [0.717, 1.165) is 25.7 Å². The second-order valence-electron chi connectivity index (χ2n) is 4.84. The number of aromatic nitrogens is 2. The Kier molecular flexibility index (Phi) is 4.32. The summed E-state index contributed by atoms with van der Waals surface area (Å²) in [5.41, 5.74) is -0.280. The van der Waals surface area contributed by atoms with Crippen LogP contribution in [0, 0.1) is 0 Å². The molecule has 0 unspecified atom stereocenters. The summed E-state index contributed by atoms with van der Waals surface area (Å²) in [7, 11) is 0. The SMILES string of the molecule is O=c1[nH]c(COCC(F)(F)F)nc(O)c1C1CCCC1. The molecule has 1 aromatic heterocycles. The lowest BCUT2D eigenvalue weighted by molar-refractivity contribution is -0.177. The summed E-state index contributed by atoms with van der Waals surface area (Å²) in [5, 5.41) is 9.78. The fourth-order valence-electron chi connectivity index (χ4n) is 2.43. The van der Waals surface area contributed by atoms with Gasteiger partial charge in [-0.3, -0.25) is 4.79 Å². The van der Waals surface area contributed by atoms with Crippen LogP contribution < -0.4 is 5.56 Å². The minimum Gasteiger partial charge on any atom is -0.493 e. The monoisotopic (exact) mass is 292 g/mol. The predicted molar refractivity (Wildman–Crippen MR) is 63.4 cm³/mol. The van der Waals surface area contributed by atoms with Crippen molar-refractivity contribution in [1.29, 1.82) is 0 Å². The third kappa shape index (κ3) is 3.72. The Balaban J connectivity index is 2.08. The molecule has 2 rings (SSSR count). The standard InChI is InChI=1S/C12H15F3N2O3/c13-12(14,15)6-20-5-8-16-10(18)9(11(19)17-8)7-3-1-2-4-7/h7H,1-6H2,(H2,16,17,18,19). The van der Waals surface area contributed by atoms with E-state index in [0.29, 0.717) is 0 Å². The molecule has 112 valence electrons. The van der Waals surface area contributed by atoms with Gasteiger partial charge in [0.05, 0.1) is 5.56 Å². The van der Waals surface area contributed by atoms with Crippen LogP contribution in [0.25, 0.3) is 0 Å². The number of aromatic hydroxyl groups is 1. The fourth-order valence-corrected chi connectivity index (χ4v) is 2.43. The minimum atomic E-state index is -4.44. The second-order valence-corrected chi connectivity index (χ2v) is 4.84. The van der Waals surface area contributed by atoms with Crippen molar-refractivity contribution in [2.75, 3.05) is 6.61 Å². The highest BCUT2D eigenvalue weighted by Gasteiger charge is 2.28. The molecular weight excluding hydrogens is 277 g/mol. The first-order chi connectivity index (χ1) is 9.37. The molecular formula is C12H15F3N2O3. The first kappa shape index (κ1) is 14.8. The van der Waals surface area contributed by atoms with Crippen molar-refractivity contribution < 1.29 is 23.0 Å². The highest BCUT2D eigenvalue weighted by atomic mass is 19.4. The largest absolute Gasteiger partial charge is 0.493 e. The maximum Gasteiger partial charge on any atom is 0.411 e. The van der Waals surface area contributed by atoms with Gasteiger partial charge in [-0.15, -0.1) is 0 Å². The van der Waals surface area contributed by atoms with Crippen LogP contribution in [0.3, 0.4) is 0 Å². The second kappa shape index (κ2) is 5.82.